The minimum Gasteiger partial charge on any atom is -0.481 e. The van der Waals surface area contributed by atoms with E-state index in [2.05, 4.69) is 26.2 Å². The topological polar surface area (TPSA) is 82.5 Å². The van der Waals surface area contributed by atoms with Crippen molar-refractivity contribution in [1.29, 1.82) is 0 Å². The third-order valence-electron chi connectivity index (χ3n) is 3.00. The van der Waals surface area contributed by atoms with E-state index in [9.17, 15) is 4.79 Å². The lowest BCUT2D eigenvalue weighted by molar-refractivity contribution is -0.136. The van der Waals surface area contributed by atoms with Crippen LogP contribution in [0.2, 0.25) is 0 Å². The number of nitrogens with one attached hydrogen (secondary N) is 1. The molecule has 0 fully saturated rings. The average molecular weight is 339 g/mol. The number of carboxylic acids is 1. The van der Waals surface area contributed by atoms with E-state index < -0.39 is 5.97 Å². The number of pyridine rings is 1. The number of fused-ring (bicyclic) bond motifs is 1. The number of hydrogen-bond donors (Lipinski definition) is 3. The third-order valence-corrected chi connectivity index (χ3v) is 3.49. The summed E-state index contributed by atoms with van der Waals surface area (Å²) in [6.45, 7) is 2.13. The molecule has 0 radical (unpaired) electrons. The molecule has 0 spiro atoms. The Morgan fingerprint density at radius 1 is 1.45 bits per heavy atom. The van der Waals surface area contributed by atoms with Gasteiger partial charge in [0.2, 0.25) is 0 Å². The maximum absolute atomic E-state index is 11.0. The van der Waals surface area contributed by atoms with Crippen LogP contribution in [0.5, 0.6) is 0 Å². The minimum atomic E-state index is -0.906. The van der Waals surface area contributed by atoms with E-state index in [1.807, 2.05) is 18.2 Å². The van der Waals surface area contributed by atoms with Gasteiger partial charge in [-0.15, -0.1) is 0 Å². The van der Waals surface area contributed by atoms with E-state index in [4.69, 9.17) is 10.2 Å². The molecule has 0 aliphatic rings. The van der Waals surface area contributed by atoms with Crippen molar-refractivity contribution in [3.05, 3.63) is 33.9 Å². The Morgan fingerprint density at radius 3 is 2.85 bits per heavy atom. The van der Waals surface area contributed by atoms with Gasteiger partial charge in [0.15, 0.2) is 0 Å². The number of aryl methyl sites for hydroxylation is 1. The molecule has 2 rings (SSSR count). The SMILES string of the molecule is Cc1nc2ccc(Br)cc2c(NCCO)c1CC(=O)O. The van der Waals surface area contributed by atoms with Gasteiger partial charge >= 0.3 is 5.97 Å². The van der Waals surface area contributed by atoms with Crippen molar-refractivity contribution >= 4 is 38.5 Å². The second-order valence-corrected chi connectivity index (χ2v) is 5.35. The van der Waals surface area contributed by atoms with Crippen LogP contribution in [0.3, 0.4) is 0 Å². The second-order valence-electron chi connectivity index (χ2n) is 4.43. The summed E-state index contributed by atoms with van der Waals surface area (Å²) in [5, 5.41) is 22.0. The number of aliphatic hydroxyl groups is 1. The van der Waals surface area contributed by atoms with E-state index in [0.29, 0.717) is 17.8 Å². The Labute approximate surface area is 124 Å². The van der Waals surface area contributed by atoms with Crippen LogP contribution in [-0.2, 0) is 11.2 Å². The van der Waals surface area contributed by atoms with Crippen molar-refractivity contribution in [3.63, 3.8) is 0 Å². The molecule has 0 saturated carbocycles. The highest BCUT2D eigenvalue weighted by molar-refractivity contribution is 9.10. The van der Waals surface area contributed by atoms with E-state index >= 15 is 0 Å². The quantitative estimate of drug-likeness (QED) is 0.779. The molecule has 1 aromatic carbocycles. The molecule has 0 bridgehead atoms. The van der Waals surface area contributed by atoms with E-state index in [1.54, 1.807) is 6.92 Å². The number of carbonyl (C=O) groups is 1. The zero-order chi connectivity index (χ0) is 14.7. The van der Waals surface area contributed by atoms with Gasteiger partial charge in [0.1, 0.15) is 0 Å². The number of aliphatic carboxylic acids is 1. The van der Waals surface area contributed by atoms with Gasteiger partial charge in [-0.1, -0.05) is 15.9 Å². The third kappa shape index (κ3) is 3.08. The molecule has 0 amide bonds. The fraction of sp³-hybridized carbons (Fsp3) is 0.286. The number of carboxylic acid groups (broad SMARTS) is 1. The summed E-state index contributed by atoms with van der Waals surface area (Å²) >= 11 is 3.41. The van der Waals surface area contributed by atoms with Crippen molar-refractivity contribution in [2.75, 3.05) is 18.5 Å². The van der Waals surface area contributed by atoms with Crippen LogP contribution < -0.4 is 5.32 Å². The molecule has 3 N–H and O–H groups in total. The lowest BCUT2D eigenvalue weighted by atomic mass is 10.0. The van der Waals surface area contributed by atoms with Gasteiger partial charge in [0, 0.05) is 33.3 Å². The number of hydrogen-bond acceptors (Lipinski definition) is 4. The molecule has 0 aliphatic heterocycles. The number of rotatable bonds is 5. The standard InChI is InChI=1S/C14H15BrN2O3/c1-8-10(7-13(19)20)14(16-4-5-18)11-6-9(15)2-3-12(11)17-8/h2-3,6,18H,4-5,7H2,1H3,(H,16,17)(H,19,20). The smallest absolute Gasteiger partial charge is 0.307 e. The summed E-state index contributed by atoms with van der Waals surface area (Å²) in [6, 6.07) is 5.66. The number of nitrogens with zero attached hydrogens (tertiary/aromatic N) is 1. The maximum Gasteiger partial charge on any atom is 0.307 e. The van der Waals surface area contributed by atoms with Crippen LogP contribution in [0.25, 0.3) is 10.9 Å². The second kappa shape index (κ2) is 6.19. The summed E-state index contributed by atoms with van der Waals surface area (Å²) in [4.78, 5) is 15.5. The first-order chi connectivity index (χ1) is 9.52. The molecule has 106 valence electrons. The minimum absolute atomic E-state index is 0.0244. The zero-order valence-corrected chi connectivity index (χ0v) is 12.6. The Kier molecular flexibility index (Phi) is 4.57. The first kappa shape index (κ1) is 14.7. The van der Waals surface area contributed by atoms with Crippen molar-refractivity contribution in [1.82, 2.24) is 4.98 Å². The van der Waals surface area contributed by atoms with E-state index in [-0.39, 0.29) is 13.0 Å². The lowest BCUT2D eigenvalue weighted by Gasteiger charge is -2.16. The molecule has 0 atom stereocenters. The normalized spacial score (nSPS) is 10.8. The van der Waals surface area contributed by atoms with Crippen LogP contribution in [0.4, 0.5) is 5.69 Å². The molecular weight excluding hydrogens is 324 g/mol. The molecule has 0 saturated heterocycles. The number of aliphatic hydroxyl groups excluding tert-OH is 1. The van der Waals surface area contributed by atoms with Gasteiger partial charge in [-0.3, -0.25) is 9.78 Å². The zero-order valence-electron chi connectivity index (χ0n) is 11.0. The highest BCUT2D eigenvalue weighted by Crippen LogP contribution is 2.31. The Morgan fingerprint density at radius 2 is 2.20 bits per heavy atom. The fourth-order valence-corrected chi connectivity index (χ4v) is 2.51. The van der Waals surface area contributed by atoms with Crippen LogP contribution in [0.1, 0.15) is 11.3 Å². The Balaban J connectivity index is 2.67. The highest BCUT2D eigenvalue weighted by Gasteiger charge is 2.15. The highest BCUT2D eigenvalue weighted by atomic mass is 79.9. The fourth-order valence-electron chi connectivity index (χ4n) is 2.15. The molecule has 5 nitrogen and oxygen atoms in total. The average Bonchev–Trinajstić information content (AvgIpc) is 2.39. The molecule has 2 aromatic rings. The van der Waals surface area contributed by atoms with Gasteiger partial charge in [-0.05, 0) is 25.1 Å². The lowest BCUT2D eigenvalue weighted by Crippen LogP contribution is -2.12. The summed E-state index contributed by atoms with van der Waals surface area (Å²) in [5.74, 6) is -0.906. The van der Waals surface area contributed by atoms with Crippen LogP contribution in [0, 0.1) is 6.92 Å². The monoisotopic (exact) mass is 338 g/mol. The number of aromatic nitrogens is 1. The first-order valence-corrected chi connectivity index (χ1v) is 6.97. The van der Waals surface area contributed by atoms with E-state index in [0.717, 1.165) is 21.1 Å². The predicted molar refractivity (Wildman–Crippen MR) is 81.1 cm³/mol. The molecule has 1 heterocycles. The van der Waals surface area contributed by atoms with Gasteiger partial charge in [0.25, 0.3) is 0 Å². The van der Waals surface area contributed by atoms with E-state index in [1.165, 1.54) is 0 Å². The van der Waals surface area contributed by atoms with Gasteiger partial charge < -0.3 is 15.5 Å². The maximum atomic E-state index is 11.0. The van der Waals surface area contributed by atoms with Crippen LogP contribution >= 0.6 is 15.9 Å². The Bertz CT molecular complexity index is 658. The summed E-state index contributed by atoms with van der Waals surface area (Å²) in [5.41, 5.74) is 2.85. The summed E-state index contributed by atoms with van der Waals surface area (Å²) in [6.07, 6.45) is -0.102. The predicted octanol–water partition coefficient (Wildman–Crippen LogP) is 2.34. The van der Waals surface area contributed by atoms with Crippen molar-refractivity contribution < 1.29 is 15.0 Å². The van der Waals surface area contributed by atoms with Crippen molar-refractivity contribution in [2.45, 2.75) is 13.3 Å². The van der Waals surface area contributed by atoms with Crippen molar-refractivity contribution in [2.24, 2.45) is 0 Å². The largest absolute Gasteiger partial charge is 0.481 e. The van der Waals surface area contributed by atoms with Crippen LogP contribution in [0.15, 0.2) is 22.7 Å². The number of benzene rings is 1. The van der Waals surface area contributed by atoms with Gasteiger partial charge in [-0.2, -0.15) is 0 Å². The van der Waals surface area contributed by atoms with Crippen molar-refractivity contribution in [3.8, 4) is 0 Å². The molecule has 20 heavy (non-hydrogen) atoms. The van der Waals surface area contributed by atoms with Gasteiger partial charge in [0.05, 0.1) is 18.5 Å². The van der Waals surface area contributed by atoms with Crippen LogP contribution in [-0.4, -0.2) is 34.3 Å². The molecule has 1 aromatic heterocycles. The van der Waals surface area contributed by atoms with Gasteiger partial charge in [-0.25, -0.2) is 0 Å². The first-order valence-electron chi connectivity index (χ1n) is 6.18. The molecule has 0 unspecified atom stereocenters. The molecule has 6 heteroatoms. The molecule has 0 aliphatic carbocycles. The number of halogens is 1. The number of anilines is 1. The Hall–Kier alpha value is -1.66. The summed E-state index contributed by atoms with van der Waals surface area (Å²) < 4.78 is 0.893. The molecular formula is C14H15BrN2O3. The summed E-state index contributed by atoms with van der Waals surface area (Å²) in [7, 11) is 0.